The molecule has 0 saturated carbocycles. The molecule has 3 aliphatic heterocycles. The molecule has 0 saturated heterocycles. The summed E-state index contributed by atoms with van der Waals surface area (Å²) in [5, 5.41) is 18.9. The number of carbonyl (C=O) groups excluding carboxylic acids is 2. The van der Waals surface area contributed by atoms with Crippen LogP contribution in [0.4, 0.5) is 0 Å². The fourth-order valence-electron chi connectivity index (χ4n) is 3.60. The molecule has 0 atom stereocenters. The third kappa shape index (κ3) is 3.51. The summed E-state index contributed by atoms with van der Waals surface area (Å²) in [4.78, 5) is 32.1. The minimum atomic E-state index is -0.578. The molecule has 0 radical (unpaired) electrons. The van der Waals surface area contributed by atoms with Gasteiger partial charge in [0.2, 0.25) is 0 Å². The highest BCUT2D eigenvalue weighted by atomic mass is 32.1. The zero-order valence-corrected chi connectivity index (χ0v) is 18.3. The third-order valence-electron chi connectivity index (χ3n) is 5.21. The van der Waals surface area contributed by atoms with E-state index in [1.54, 1.807) is 33.9 Å². The van der Waals surface area contributed by atoms with Gasteiger partial charge in [0.05, 0.1) is 11.1 Å². The number of tetrazole rings is 1. The van der Waals surface area contributed by atoms with Crippen molar-refractivity contribution in [3.05, 3.63) is 94.6 Å². The van der Waals surface area contributed by atoms with Crippen LogP contribution in [-0.4, -0.2) is 31.8 Å². The van der Waals surface area contributed by atoms with E-state index in [1.807, 2.05) is 60.0 Å². The lowest BCUT2D eigenvalue weighted by molar-refractivity contribution is -0.737. The standard InChI is InChI=1S/C24H14N7O2S/c32-22-18-10-9-17(14-19(18)23(33)27-26-22)30-28-20(11-8-15-5-2-1-3-6-15)29-31(30)21-13-16-7-4-12-34-24(16)25-21/h1-14H/q+1. The second-order valence-corrected chi connectivity index (χ2v) is 8.30. The summed E-state index contributed by atoms with van der Waals surface area (Å²) in [5.41, 5.74) is 2.90. The number of benzene rings is 2. The highest BCUT2D eigenvalue weighted by molar-refractivity contribution is 7.12. The molecule has 4 heterocycles. The molecule has 0 aliphatic carbocycles. The summed E-state index contributed by atoms with van der Waals surface area (Å²) in [6, 6.07) is 20.5. The van der Waals surface area contributed by atoms with E-state index in [1.165, 1.54) is 11.3 Å². The zero-order valence-electron chi connectivity index (χ0n) is 17.4. The van der Waals surface area contributed by atoms with Crippen LogP contribution in [0.15, 0.2) is 82.3 Å². The quantitative estimate of drug-likeness (QED) is 0.374. The number of hydrogen-bond donors (Lipinski definition) is 0. The molecule has 0 unspecified atom stereocenters. The van der Waals surface area contributed by atoms with Crippen molar-refractivity contribution in [2.24, 2.45) is 10.2 Å². The second-order valence-electron chi connectivity index (χ2n) is 7.41. The average Bonchev–Trinajstić information content (AvgIpc) is 3.50. The van der Waals surface area contributed by atoms with Gasteiger partial charge in [-0.2, -0.15) is 0 Å². The van der Waals surface area contributed by atoms with E-state index in [4.69, 9.17) is 4.98 Å². The first-order valence-electron chi connectivity index (χ1n) is 10.3. The van der Waals surface area contributed by atoms with Crippen LogP contribution in [0.1, 0.15) is 32.1 Å². The van der Waals surface area contributed by atoms with Crippen molar-refractivity contribution in [1.29, 1.82) is 0 Å². The van der Waals surface area contributed by atoms with E-state index in [0.29, 0.717) is 17.3 Å². The summed E-state index contributed by atoms with van der Waals surface area (Å²) in [5.74, 6) is -0.112. The molecule has 9 nitrogen and oxygen atoms in total. The Morgan fingerprint density at radius 1 is 0.853 bits per heavy atom. The Bertz CT molecular complexity index is 1570. The number of hydrogen-bond acceptors (Lipinski definition) is 6. The normalized spacial score (nSPS) is 13.2. The van der Waals surface area contributed by atoms with Crippen LogP contribution in [0, 0.1) is 0 Å². The van der Waals surface area contributed by atoms with Crippen LogP contribution < -0.4 is 4.80 Å². The molecule has 1 aromatic heterocycles. The van der Waals surface area contributed by atoms with Gasteiger partial charge < -0.3 is 0 Å². The molecule has 0 N–H and O–H groups in total. The van der Waals surface area contributed by atoms with E-state index in [-0.39, 0.29) is 11.1 Å². The molecule has 3 aliphatic rings. The number of azo groups is 1. The minimum absolute atomic E-state index is 0.170. The Morgan fingerprint density at radius 3 is 2.50 bits per heavy atom. The van der Waals surface area contributed by atoms with Gasteiger partial charge in [0.25, 0.3) is 17.6 Å². The SMILES string of the molecule is O=C1N=NC(=O)c2cc(-n3nc(C=Cc4ccccc4)n[n+]3-c3cc4cccsc-4n3)ccc21. The van der Waals surface area contributed by atoms with Gasteiger partial charge in [0.15, 0.2) is 5.01 Å². The van der Waals surface area contributed by atoms with Crippen molar-refractivity contribution in [1.82, 2.24) is 20.0 Å². The number of amides is 2. The maximum atomic E-state index is 12.3. The Labute approximate surface area is 196 Å². The topological polar surface area (TPSA) is 106 Å². The smallest absolute Gasteiger partial charge is 0.265 e. The molecule has 34 heavy (non-hydrogen) atoms. The predicted molar refractivity (Wildman–Crippen MR) is 124 cm³/mol. The minimum Gasteiger partial charge on any atom is -0.265 e. The van der Waals surface area contributed by atoms with E-state index in [9.17, 15) is 9.59 Å². The zero-order chi connectivity index (χ0) is 23.1. The number of fused-ring (bicyclic) bond motifs is 2. The van der Waals surface area contributed by atoms with Gasteiger partial charge in [0, 0.05) is 22.8 Å². The van der Waals surface area contributed by atoms with E-state index >= 15 is 0 Å². The maximum Gasteiger partial charge on any atom is 0.308 e. The lowest BCUT2D eigenvalue weighted by Crippen LogP contribution is -2.43. The Hall–Kier alpha value is -4.70. The molecular weight excluding hydrogens is 450 g/mol. The highest BCUT2D eigenvalue weighted by Crippen LogP contribution is 2.26. The molecule has 0 bridgehead atoms. The Kier molecular flexibility index (Phi) is 4.70. The molecule has 162 valence electrons. The molecule has 0 spiro atoms. The molecule has 3 aromatic rings. The Morgan fingerprint density at radius 2 is 1.68 bits per heavy atom. The van der Waals surface area contributed by atoms with Gasteiger partial charge in [-0.25, -0.2) is 0 Å². The molecule has 0 fully saturated rings. The van der Waals surface area contributed by atoms with Crippen LogP contribution in [0.3, 0.4) is 0 Å². The first-order chi connectivity index (χ1) is 16.7. The van der Waals surface area contributed by atoms with Crippen molar-refractivity contribution in [2.75, 3.05) is 0 Å². The summed E-state index contributed by atoms with van der Waals surface area (Å²) >= 11 is 1.53. The molecule has 2 amide bonds. The summed E-state index contributed by atoms with van der Waals surface area (Å²) in [6.45, 7) is 0. The maximum absolute atomic E-state index is 12.3. The number of rotatable bonds is 4. The molecular formula is C24H14N7O2S+. The first-order valence-corrected chi connectivity index (χ1v) is 11.2. The summed E-state index contributed by atoms with van der Waals surface area (Å²) < 4.78 is 0. The first kappa shape index (κ1) is 19.9. The van der Waals surface area contributed by atoms with Crippen LogP contribution in [-0.2, 0) is 0 Å². The van der Waals surface area contributed by atoms with Crippen molar-refractivity contribution < 1.29 is 14.4 Å². The van der Waals surface area contributed by atoms with Gasteiger partial charge in [-0.05, 0) is 56.0 Å². The second kappa shape index (κ2) is 8.01. The molecule has 2 aromatic carbocycles. The lowest BCUT2D eigenvalue weighted by Gasteiger charge is -2.08. The van der Waals surface area contributed by atoms with Crippen molar-refractivity contribution >= 4 is 35.3 Å². The lowest BCUT2D eigenvalue weighted by atomic mass is 10.0. The van der Waals surface area contributed by atoms with Crippen LogP contribution >= 0.6 is 11.3 Å². The summed E-state index contributed by atoms with van der Waals surface area (Å²) in [7, 11) is 0. The van der Waals surface area contributed by atoms with Crippen molar-refractivity contribution in [3.63, 3.8) is 0 Å². The number of nitrogens with zero attached hydrogens (tertiary/aromatic N) is 7. The van der Waals surface area contributed by atoms with Crippen LogP contribution in [0.2, 0.25) is 0 Å². The largest absolute Gasteiger partial charge is 0.308 e. The molecule has 10 heteroatoms. The highest BCUT2D eigenvalue weighted by Gasteiger charge is 2.27. The van der Waals surface area contributed by atoms with Crippen molar-refractivity contribution in [2.45, 2.75) is 0 Å². The predicted octanol–water partition coefficient (Wildman–Crippen LogP) is 4.02. The van der Waals surface area contributed by atoms with Gasteiger partial charge >= 0.3 is 5.82 Å². The van der Waals surface area contributed by atoms with Crippen LogP contribution in [0.25, 0.3) is 34.2 Å². The van der Waals surface area contributed by atoms with Gasteiger partial charge in [0.1, 0.15) is 5.69 Å². The molecule has 6 rings (SSSR count). The fraction of sp³-hybridized carbons (Fsp3) is 0. The van der Waals surface area contributed by atoms with Gasteiger partial charge in [-0.1, -0.05) is 41.4 Å². The summed E-state index contributed by atoms with van der Waals surface area (Å²) in [6.07, 6.45) is 3.71. The van der Waals surface area contributed by atoms with Gasteiger partial charge in [-0.15, -0.1) is 21.6 Å². The van der Waals surface area contributed by atoms with E-state index in [2.05, 4.69) is 20.4 Å². The van der Waals surface area contributed by atoms with Crippen LogP contribution in [0.5, 0.6) is 0 Å². The number of aromatic nitrogens is 5. The third-order valence-corrected chi connectivity index (χ3v) is 6.05. The monoisotopic (exact) mass is 464 g/mol. The number of carbonyl (C=O) groups is 2. The average molecular weight is 464 g/mol. The Balaban J connectivity index is 1.50. The van der Waals surface area contributed by atoms with E-state index in [0.717, 1.165) is 16.1 Å². The fourth-order valence-corrected chi connectivity index (χ4v) is 4.29. The van der Waals surface area contributed by atoms with Gasteiger partial charge in [-0.3, -0.25) is 9.59 Å². The van der Waals surface area contributed by atoms with Crippen molar-refractivity contribution in [3.8, 4) is 22.1 Å². The van der Waals surface area contributed by atoms with E-state index < -0.39 is 11.8 Å².